The quantitative estimate of drug-likeness (QED) is 0.471. The molecule has 0 saturated carbocycles. The number of hydrogen-bond acceptors (Lipinski definition) is 3. The van der Waals surface area contributed by atoms with Crippen LogP contribution in [-0.2, 0) is 0 Å². The molecule has 0 saturated heterocycles. The van der Waals surface area contributed by atoms with Crippen LogP contribution >= 0.6 is 0 Å². The van der Waals surface area contributed by atoms with E-state index in [1.807, 2.05) is 0 Å². The maximum absolute atomic E-state index is 12.9. The second-order valence-corrected chi connectivity index (χ2v) is 3.43. The van der Waals surface area contributed by atoms with E-state index >= 15 is 0 Å². The second kappa shape index (κ2) is 6.15. The molecule has 0 amide bonds. The average Bonchev–Trinajstić information content (AvgIpc) is 2.32. The summed E-state index contributed by atoms with van der Waals surface area (Å²) < 4.78 is 25.5. The zero-order chi connectivity index (χ0) is 12.8. The van der Waals surface area contributed by atoms with Crippen molar-refractivity contribution in [2.45, 2.75) is 18.6 Å². The summed E-state index contributed by atoms with van der Waals surface area (Å²) in [5.41, 5.74) is 8.09. The molecule has 5 nitrogen and oxygen atoms in total. The highest BCUT2D eigenvalue weighted by Crippen LogP contribution is 2.21. The molecule has 1 aromatic rings. The van der Waals surface area contributed by atoms with E-state index < -0.39 is 23.8 Å². The van der Waals surface area contributed by atoms with Crippen LogP contribution in [0.3, 0.4) is 0 Å². The summed E-state index contributed by atoms with van der Waals surface area (Å²) in [5, 5.41) is 22.3. The molecule has 0 heterocycles. The predicted molar refractivity (Wildman–Crippen MR) is 56.0 cm³/mol. The fourth-order valence-corrected chi connectivity index (χ4v) is 1.31. The van der Waals surface area contributed by atoms with Crippen LogP contribution in [0.25, 0.3) is 10.4 Å². The number of aliphatic hydroxyl groups excluding tert-OH is 2. The molecule has 2 N–H and O–H groups in total. The standard InChI is InChI=1S/C10H11F2N3O2/c11-7-2-1-6(5-8(7)12)10(17)9(16)3-4-14-15-13/h1-2,5,9-10,16-17H,3-4H2. The Hall–Kier alpha value is -1.69. The SMILES string of the molecule is [N-]=[N+]=NCCC(O)C(O)c1ccc(F)c(F)c1. The lowest BCUT2D eigenvalue weighted by molar-refractivity contribution is 0.0148. The molecule has 0 radical (unpaired) electrons. The van der Waals surface area contributed by atoms with Gasteiger partial charge in [0.1, 0.15) is 6.10 Å². The van der Waals surface area contributed by atoms with E-state index in [1.54, 1.807) is 0 Å². The van der Waals surface area contributed by atoms with Gasteiger partial charge in [-0.2, -0.15) is 0 Å². The number of aliphatic hydroxyl groups is 2. The van der Waals surface area contributed by atoms with Gasteiger partial charge < -0.3 is 10.2 Å². The largest absolute Gasteiger partial charge is 0.390 e. The van der Waals surface area contributed by atoms with Crippen LogP contribution in [0.5, 0.6) is 0 Å². The van der Waals surface area contributed by atoms with Crippen LogP contribution < -0.4 is 0 Å². The molecule has 1 aromatic carbocycles. The van der Waals surface area contributed by atoms with Gasteiger partial charge in [0.2, 0.25) is 0 Å². The van der Waals surface area contributed by atoms with Crippen LogP contribution in [-0.4, -0.2) is 22.9 Å². The molecule has 0 aliphatic carbocycles. The monoisotopic (exact) mass is 243 g/mol. The number of hydrogen-bond donors (Lipinski definition) is 2. The van der Waals surface area contributed by atoms with Gasteiger partial charge in [-0.1, -0.05) is 11.2 Å². The van der Waals surface area contributed by atoms with Gasteiger partial charge in [0.25, 0.3) is 0 Å². The minimum atomic E-state index is -1.35. The van der Waals surface area contributed by atoms with Gasteiger partial charge in [-0.15, -0.1) is 0 Å². The molecule has 2 unspecified atom stereocenters. The highest BCUT2D eigenvalue weighted by atomic mass is 19.2. The zero-order valence-corrected chi connectivity index (χ0v) is 8.79. The van der Waals surface area contributed by atoms with Crippen molar-refractivity contribution in [3.8, 4) is 0 Å². The van der Waals surface area contributed by atoms with Crippen molar-refractivity contribution in [1.29, 1.82) is 0 Å². The first kappa shape index (κ1) is 13.4. The predicted octanol–water partition coefficient (Wildman–Crippen LogP) is 2.06. The lowest BCUT2D eigenvalue weighted by Crippen LogP contribution is -2.19. The molecular weight excluding hydrogens is 232 g/mol. The number of benzene rings is 1. The Balaban J connectivity index is 2.70. The molecule has 92 valence electrons. The van der Waals surface area contributed by atoms with E-state index in [0.29, 0.717) is 0 Å². The van der Waals surface area contributed by atoms with E-state index in [2.05, 4.69) is 10.0 Å². The molecule has 2 atom stereocenters. The molecule has 0 spiro atoms. The minimum Gasteiger partial charge on any atom is -0.390 e. The third-order valence-corrected chi connectivity index (χ3v) is 2.24. The van der Waals surface area contributed by atoms with Crippen molar-refractivity contribution in [3.05, 3.63) is 45.8 Å². The molecule has 0 aromatic heterocycles. The first-order chi connectivity index (χ1) is 8.06. The van der Waals surface area contributed by atoms with Gasteiger partial charge in [0.15, 0.2) is 11.6 Å². The molecule has 0 aliphatic heterocycles. The lowest BCUT2D eigenvalue weighted by Gasteiger charge is -2.17. The van der Waals surface area contributed by atoms with Gasteiger partial charge in [-0.05, 0) is 29.6 Å². The van der Waals surface area contributed by atoms with Gasteiger partial charge in [-0.3, -0.25) is 0 Å². The van der Waals surface area contributed by atoms with Gasteiger partial charge in [0, 0.05) is 11.5 Å². The summed E-state index contributed by atoms with van der Waals surface area (Å²) in [4.78, 5) is 2.49. The Morgan fingerprint density at radius 2 is 2.00 bits per heavy atom. The van der Waals surface area contributed by atoms with E-state index in [4.69, 9.17) is 5.53 Å². The van der Waals surface area contributed by atoms with Crippen molar-refractivity contribution in [2.24, 2.45) is 5.11 Å². The van der Waals surface area contributed by atoms with E-state index in [-0.39, 0.29) is 18.5 Å². The fourth-order valence-electron chi connectivity index (χ4n) is 1.31. The molecule has 0 bridgehead atoms. The molecule has 0 aliphatic rings. The van der Waals surface area contributed by atoms with Crippen LogP contribution in [0, 0.1) is 11.6 Å². The summed E-state index contributed by atoms with van der Waals surface area (Å²) in [6.45, 7) is 0.0123. The summed E-state index contributed by atoms with van der Waals surface area (Å²) in [6, 6.07) is 2.87. The Bertz CT molecular complexity index is 436. The molecule has 7 heteroatoms. The van der Waals surface area contributed by atoms with Crippen molar-refractivity contribution < 1.29 is 19.0 Å². The maximum atomic E-state index is 12.9. The number of nitrogens with zero attached hydrogens (tertiary/aromatic N) is 3. The van der Waals surface area contributed by atoms with Gasteiger partial charge in [0.05, 0.1) is 6.10 Å². The lowest BCUT2D eigenvalue weighted by atomic mass is 10.0. The average molecular weight is 243 g/mol. The van der Waals surface area contributed by atoms with Crippen molar-refractivity contribution >= 4 is 0 Å². The van der Waals surface area contributed by atoms with Crippen molar-refractivity contribution in [1.82, 2.24) is 0 Å². The normalized spacial score (nSPS) is 13.9. The third-order valence-electron chi connectivity index (χ3n) is 2.24. The highest BCUT2D eigenvalue weighted by Gasteiger charge is 2.19. The van der Waals surface area contributed by atoms with E-state index in [9.17, 15) is 19.0 Å². The van der Waals surface area contributed by atoms with Crippen LogP contribution in [0.4, 0.5) is 8.78 Å². The maximum Gasteiger partial charge on any atom is 0.159 e. The number of halogens is 2. The third kappa shape index (κ3) is 3.67. The molecular formula is C10H11F2N3O2. The molecule has 1 rings (SSSR count). The van der Waals surface area contributed by atoms with E-state index in [1.165, 1.54) is 6.07 Å². The summed E-state index contributed by atoms with van der Waals surface area (Å²) in [5.74, 6) is -2.12. The van der Waals surface area contributed by atoms with Crippen molar-refractivity contribution in [3.63, 3.8) is 0 Å². The molecule has 0 fully saturated rings. The highest BCUT2D eigenvalue weighted by molar-refractivity contribution is 5.20. The Labute approximate surface area is 95.9 Å². The van der Waals surface area contributed by atoms with Crippen LogP contribution in [0.2, 0.25) is 0 Å². The first-order valence-electron chi connectivity index (χ1n) is 4.88. The second-order valence-electron chi connectivity index (χ2n) is 3.43. The van der Waals surface area contributed by atoms with Gasteiger partial charge in [-0.25, -0.2) is 8.78 Å². The summed E-state index contributed by atoms with van der Waals surface area (Å²) in [6.07, 6.45) is -2.52. The Morgan fingerprint density at radius 1 is 1.29 bits per heavy atom. The number of rotatable bonds is 5. The Morgan fingerprint density at radius 3 is 2.59 bits per heavy atom. The topological polar surface area (TPSA) is 89.2 Å². The van der Waals surface area contributed by atoms with Crippen LogP contribution in [0.15, 0.2) is 23.3 Å². The molecule has 17 heavy (non-hydrogen) atoms. The van der Waals surface area contributed by atoms with Crippen molar-refractivity contribution in [2.75, 3.05) is 6.54 Å². The fraction of sp³-hybridized carbons (Fsp3) is 0.400. The van der Waals surface area contributed by atoms with Gasteiger partial charge >= 0.3 is 0 Å². The number of azide groups is 1. The smallest absolute Gasteiger partial charge is 0.159 e. The minimum absolute atomic E-state index is 0.0123. The van der Waals surface area contributed by atoms with E-state index in [0.717, 1.165) is 12.1 Å². The summed E-state index contributed by atoms with van der Waals surface area (Å²) >= 11 is 0. The summed E-state index contributed by atoms with van der Waals surface area (Å²) in [7, 11) is 0. The van der Waals surface area contributed by atoms with Crippen LogP contribution in [0.1, 0.15) is 18.1 Å². The Kier molecular flexibility index (Phi) is 4.84. The zero-order valence-electron chi connectivity index (χ0n) is 8.79. The first-order valence-corrected chi connectivity index (χ1v) is 4.88.